The Morgan fingerprint density at radius 2 is 1.76 bits per heavy atom. The molecular formula is C19H25N5O. The van der Waals surface area contributed by atoms with Gasteiger partial charge in [0.05, 0.1) is 0 Å². The second-order valence-corrected chi connectivity index (χ2v) is 6.51. The van der Waals surface area contributed by atoms with Crippen molar-refractivity contribution < 1.29 is 4.79 Å². The van der Waals surface area contributed by atoms with E-state index >= 15 is 0 Å². The molecule has 3 rings (SSSR count). The minimum absolute atomic E-state index is 0.0935. The number of carbonyl (C=O) groups is 1. The van der Waals surface area contributed by atoms with E-state index in [2.05, 4.69) is 20.1 Å². The third-order valence-electron chi connectivity index (χ3n) is 4.63. The zero-order chi connectivity index (χ0) is 17.5. The van der Waals surface area contributed by atoms with Crippen molar-refractivity contribution in [3.05, 3.63) is 47.9 Å². The van der Waals surface area contributed by atoms with Crippen molar-refractivity contribution in [2.45, 2.75) is 32.1 Å². The van der Waals surface area contributed by atoms with Crippen LogP contribution in [0.15, 0.2) is 36.7 Å². The van der Waals surface area contributed by atoms with E-state index in [4.69, 9.17) is 0 Å². The van der Waals surface area contributed by atoms with E-state index in [1.807, 2.05) is 18.2 Å². The van der Waals surface area contributed by atoms with Crippen molar-refractivity contribution >= 4 is 11.7 Å². The number of carbonyl (C=O) groups excluding carboxylic acids is 1. The van der Waals surface area contributed by atoms with E-state index < -0.39 is 0 Å². The maximum Gasteiger partial charge on any atom is 0.274 e. The first-order chi connectivity index (χ1) is 12.2. The predicted octanol–water partition coefficient (Wildman–Crippen LogP) is 2.57. The van der Waals surface area contributed by atoms with Crippen LogP contribution in [-0.2, 0) is 6.42 Å². The molecule has 1 aliphatic rings. The van der Waals surface area contributed by atoms with Crippen LogP contribution in [0.4, 0.5) is 5.82 Å². The third-order valence-corrected chi connectivity index (χ3v) is 4.63. The minimum Gasteiger partial charge on any atom is -0.355 e. The maximum atomic E-state index is 12.5. The summed E-state index contributed by atoms with van der Waals surface area (Å²) in [6.45, 7) is 2.68. The summed E-state index contributed by atoms with van der Waals surface area (Å²) in [6, 6.07) is 7.64. The van der Waals surface area contributed by atoms with Gasteiger partial charge < -0.3 is 9.80 Å². The third kappa shape index (κ3) is 4.75. The summed E-state index contributed by atoms with van der Waals surface area (Å²) in [5, 5.41) is 8.45. The molecule has 25 heavy (non-hydrogen) atoms. The molecule has 0 aliphatic carbocycles. The summed E-state index contributed by atoms with van der Waals surface area (Å²) >= 11 is 0. The number of anilines is 1. The fourth-order valence-electron chi connectivity index (χ4n) is 3.05. The van der Waals surface area contributed by atoms with Gasteiger partial charge >= 0.3 is 0 Å². The number of amides is 1. The quantitative estimate of drug-likeness (QED) is 0.838. The van der Waals surface area contributed by atoms with E-state index in [9.17, 15) is 4.79 Å². The van der Waals surface area contributed by atoms with E-state index in [0.717, 1.165) is 30.9 Å². The van der Waals surface area contributed by atoms with Crippen molar-refractivity contribution in [1.29, 1.82) is 0 Å². The molecule has 0 spiro atoms. The van der Waals surface area contributed by atoms with Gasteiger partial charge in [-0.15, -0.1) is 10.2 Å². The van der Waals surface area contributed by atoms with Gasteiger partial charge in [-0.25, -0.2) is 0 Å². The molecule has 0 unspecified atom stereocenters. The first kappa shape index (κ1) is 17.3. The molecule has 6 nitrogen and oxygen atoms in total. The number of pyridine rings is 1. The molecule has 0 atom stereocenters. The summed E-state index contributed by atoms with van der Waals surface area (Å²) in [5.74, 6) is 0.780. The van der Waals surface area contributed by atoms with Crippen LogP contribution in [0.3, 0.4) is 0 Å². The SMILES string of the molecule is CN(CCc1ccncc1)C(=O)c1ccc(N2CCCCCC2)nn1. The van der Waals surface area contributed by atoms with Crippen LogP contribution in [0.1, 0.15) is 41.7 Å². The zero-order valence-electron chi connectivity index (χ0n) is 14.8. The van der Waals surface area contributed by atoms with Gasteiger partial charge in [0.15, 0.2) is 11.5 Å². The summed E-state index contributed by atoms with van der Waals surface area (Å²) in [4.78, 5) is 20.5. The molecule has 3 heterocycles. The van der Waals surface area contributed by atoms with Gasteiger partial charge in [-0.05, 0) is 49.1 Å². The highest BCUT2D eigenvalue weighted by molar-refractivity contribution is 5.92. The van der Waals surface area contributed by atoms with Crippen molar-refractivity contribution in [1.82, 2.24) is 20.1 Å². The van der Waals surface area contributed by atoms with Gasteiger partial charge in [0.25, 0.3) is 5.91 Å². The molecule has 1 amide bonds. The van der Waals surface area contributed by atoms with Crippen molar-refractivity contribution in [3.8, 4) is 0 Å². The van der Waals surface area contributed by atoms with E-state index in [0.29, 0.717) is 12.2 Å². The lowest BCUT2D eigenvalue weighted by molar-refractivity contribution is 0.0789. The number of likely N-dealkylation sites (N-methyl/N-ethyl adjacent to an activating group) is 1. The zero-order valence-corrected chi connectivity index (χ0v) is 14.8. The lowest BCUT2D eigenvalue weighted by Gasteiger charge is -2.21. The average molecular weight is 339 g/mol. The highest BCUT2D eigenvalue weighted by Crippen LogP contribution is 2.16. The van der Waals surface area contributed by atoms with E-state index in [-0.39, 0.29) is 5.91 Å². The van der Waals surface area contributed by atoms with Gasteiger partial charge in [0, 0.05) is 39.1 Å². The Kier molecular flexibility index (Phi) is 5.93. The van der Waals surface area contributed by atoms with Crippen molar-refractivity contribution in [2.75, 3.05) is 31.6 Å². The van der Waals surface area contributed by atoms with E-state index in [1.54, 1.807) is 30.4 Å². The maximum absolute atomic E-state index is 12.5. The Balaban J connectivity index is 1.57. The van der Waals surface area contributed by atoms with Crippen LogP contribution >= 0.6 is 0 Å². The molecule has 1 fully saturated rings. The van der Waals surface area contributed by atoms with Gasteiger partial charge in [0.2, 0.25) is 0 Å². The lowest BCUT2D eigenvalue weighted by Crippen LogP contribution is -2.30. The number of aromatic nitrogens is 3. The highest BCUT2D eigenvalue weighted by Gasteiger charge is 2.16. The van der Waals surface area contributed by atoms with E-state index in [1.165, 1.54) is 25.7 Å². The molecule has 6 heteroatoms. The van der Waals surface area contributed by atoms with Crippen LogP contribution in [0.5, 0.6) is 0 Å². The molecule has 132 valence electrons. The number of hydrogen-bond donors (Lipinski definition) is 0. The van der Waals surface area contributed by atoms with Crippen LogP contribution in [0.2, 0.25) is 0 Å². The summed E-state index contributed by atoms with van der Waals surface area (Å²) in [6.07, 6.45) is 9.28. The predicted molar refractivity (Wildman–Crippen MR) is 97.6 cm³/mol. The molecule has 2 aromatic rings. The molecule has 1 aliphatic heterocycles. The smallest absolute Gasteiger partial charge is 0.274 e. The molecule has 2 aromatic heterocycles. The largest absolute Gasteiger partial charge is 0.355 e. The Hall–Kier alpha value is -2.50. The van der Waals surface area contributed by atoms with Gasteiger partial charge in [-0.1, -0.05) is 12.8 Å². The first-order valence-electron chi connectivity index (χ1n) is 8.97. The summed E-state index contributed by atoms with van der Waals surface area (Å²) in [5.41, 5.74) is 1.56. The van der Waals surface area contributed by atoms with Crippen LogP contribution in [0, 0.1) is 0 Å². The molecule has 0 saturated carbocycles. The Morgan fingerprint density at radius 1 is 1.04 bits per heavy atom. The average Bonchev–Trinajstić information content (AvgIpc) is 2.96. The molecular weight excluding hydrogens is 314 g/mol. The second kappa shape index (κ2) is 8.55. The monoisotopic (exact) mass is 339 g/mol. The number of rotatable bonds is 5. The molecule has 0 bridgehead atoms. The normalized spacial score (nSPS) is 14.8. The molecule has 0 aromatic carbocycles. The Labute approximate surface area is 148 Å². The standard InChI is InChI=1S/C19H25N5O/c1-23(15-10-16-8-11-20-12-9-16)19(25)17-6-7-18(22-21-17)24-13-4-2-3-5-14-24/h6-9,11-12H,2-5,10,13-15H2,1H3. The van der Waals surface area contributed by atoms with Crippen LogP contribution < -0.4 is 4.90 Å². The Bertz CT molecular complexity index is 666. The number of nitrogens with zero attached hydrogens (tertiary/aromatic N) is 5. The van der Waals surface area contributed by atoms with Crippen LogP contribution in [0.25, 0.3) is 0 Å². The van der Waals surface area contributed by atoms with Gasteiger partial charge in [0.1, 0.15) is 0 Å². The number of hydrogen-bond acceptors (Lipinski definition) is 5. The summed E-state index contributed by atoms with van der Waals surface area (Å²) in [7, 11) is 1.80. The van der Waals surface area contributed by atoms with Crippen LogP contribution in [-0.4, -0.2) is 52.7 Å². The van der Waals surface area contributed by atoms with Crippen molar-refractivity contribution in [2.24, 2.45) is 0 Å². The lowest BCUT2D eigenvalue weighted by atomic mass is 10.2. The van der Waals surface area contributed by atoms with Crippen molar-refractivity contribution in [3.63, 3.8) is 0 Å². The molecule has 1 saturated heterocycles. The Morgan fingerprint density at radius 3 is 2.40 bits per heavy atom. The first-order valence-corrected chi connectivity index (χ1v) is 8.97. The highest BCUT2D eigenvalue weighted by atomic mass is 16.2. The topological polar surface area (TPSA) is 62.2 Å². The molecule has 0 N–H and O–H groups in total. The fourth-order valence-corrected chi connectivity index (χ4v) is 3.05. The second-order valence-electron chi connectivity index (χ2n) is 6.51. The fraction of sp³-hybridized carbons (Fsp3) is 0.474. The minimum atomic E-state index is -0.0935. The van der Waals surface area contributed by atoms with Gasteiger partial charge in [-0.3, -0.25) is 9.78 Å². The summed E-state index contributed by atoms with van der Waals surface area (Å²) < 4.78 is 0. The van der Waals surface area contributed by atoms with Gasteiger partial charge in [-0.2, -0.15) is 0 Å². The molecule has 0 radical (unpaired) electrons.